The van der Waals surface area contributed by atoms with Crippen LogP contribution in [0.1, 0.15) is 29.9 Å². The molecule has 0 aromatic carbocycles. The largest absolute Gasteiger partial charge is 0.271 e. The Morgan fingerprint density at radius 1 is 1.21 bits per heavy atom. The van der Waals surface area contributed by atoms with Crippen LogP contribution in [0.4, 0.5) is 4.39 Å². The Bertz CT molecular complexity index is 510. The second-order valence-electron chi connectivity index (χ2n) is 4.34. The van der Waals surface area contributed by atoms with Gasteiger partial charge in [0.25, 0.3) is 0 Å². The molecule has 1 atom stereocenters. The standard InChI is InChI=1S/C14H17FN4/c1-2-10-3-5-12(17-8-10)7-14(19-16)13-6-4-11(15)9-18-13/h3-6,8-9,14,19H,2,7,16H2,1H3. The van der Waals surface area contributed by atoms with E-state index in [1.54, 1.807) is 6.07 Å². The van der Waals surface area contributed by atoms with E-state index in [9.17, 15) is 4.39 Å². The van der Waals surface area contributed by atoms with Crippen molar-refractivity contribution in [2.45, 2.75) is 25.8 Å². The zero-order chi connectivity index (χ0) is 13.7. The topological polar surface area (TPSA) is 63.8 Å². The Balaban J connectivity index is 2.11. The molecule has 0 bridgehead atoms. The molecular weight excluding hydrogens is 243 g/mol. The lowest BCUT2D eigenvalue weighted by atomic mass is 10.1. The first-order chi connectivity index (χ1) is 9.22. The molecule has 0 saturated heterocycles. The summed E-state index contributed by atoms with van der Waals surface area (Å²) < 4.78 is 12.8. The quantitative estimate of drug-likeness (QED) is 0.637. The van der Waals surface area contributed by atoms with Crippen LogP contribution in [0, 0.1) is 5.82 Å². The minimum Gasteiger partial charge on any atom is -0.271 e. The van der Waals surface area contributed by atoms with E-state index in [4.69, 9.17) is 5.84 Å². The number of aryl methyl sites for hydroxylation is 1. The highest BCUT2D eigenvalue weighted by Crippen LogP contribution is 2.15. The van der Waals surface area contributed by atoms with Gasteiger partial charge in [0.05, 0.1) is 17.9 Å². The molecule has 4 nitrogen and oxygen atoms in total. The van der Waals surface area contributed by atoms with Crippen molar-refractivity contribution in [3.63, 3.8) is 0 Å². The van der Waals surface area contributed by atoms with Gasteiger partial charge in [0, 0.05) is 18.3 Å². The van der Waals surface area contributed by atoms with E-state index >= 15 is 0 Å². The zero-order valence-electron chi connectivity index (χ0n) is 10.8. The molecule has 0 aliphatic rings. The first-order valence-corrected chi connectivity index (χ1v) is 6.24. The van der Waals surface area contributed by atoms with E-state index in [0.717, 1.165) is 12.1 Å². The van der Waals surface area contributed by atoms with Crippen molar-refractivity contribution < 1.29 is 4.39 Å². The Kier molecular flexibility index (Phi) is 4.54. The van der Waals surface area contributed by atoms with Gasteiger partial charge in [0.15, 0.2) is 0 Å². The molecule has 0 spiro atoms. The van der Waals surface area contributed by atoms with Crippen LogP contribution in [0.2, 0.25) is 0 Å². The van der Waals surface area contributed by atoms with Gasteiger partial charge in [-0.2, -0.15) is 0 Å². The van der Waals surface area contributed by atoms with E-state index in [-0.39, 0.29) is 11.9 Å². The summed E-state index contributed by atoms with van der Waals surface area (Å²) in [7, 11) is 0. The normalized spacial score (nSPS) is 12.4. The van der Waals surface area contributed by atoms with Gasteiger partial charge >= 0.3 is 0 Å². The molecule has 5 heteroatoms. The third kappa shape index (κ3) is 3.56. The molecule has 0 radical (unpaired) electrons. The fourth-order valence-corrected chi connectivity index (χ4v) is 1.84. The van der Waals surface area contributed by atoms with Crippen LogP contribution in [-0.2, 0) is 12.8 Å². The average Bonchev–Trinajstić information content (AvgIpc) is 2.46. The molecule has 0 aliphatic carbocycles. The van der Waals surface area contributed by atoms with E-state index in [0.29, 0.717) is 12.1 Å². The van der Waals surface area contributed by atoms with Crippen LogP contribution < -0.4 is 11.3 Å². The summed E-state index contributed by atoms with van der Waals surface area (Å²) in [5.74, 6) is 5.18. The SMILES string of the molecule is CCc1ccc(CC(NN)c2ccc(F)cn2)nc1. The Labute approximate surface area is 111 Å². The number of hydrazine groups is 1. The number of rotatable bonds is 5. The average molecular weight is 260 g/mol. The number of pyridine rings is 2. The van der Waals surface area contributed by atoms with Crippen LogP contribution >= 0.6 is 0 Å². The number of hydrogen-bond donors (Lipinski definition) is 2. The molecule has 0 aliphatic heterocycles. The number of hydrogen-bond acceptors (Lipinski definition) is 4. The predicted octanol–water partition coefficient (Wildman–Crippen LogP) is 1.93. The van der Waals surface area contributed by atoms with Crippen LogP contribution in [0.25, 0.3) is 0 Å². The first-order valence-electron chi connectivity index (χ1n) is 6.24. The maximum absolute atomic E-state index is 12.8. The summed E-state index contributed by atoms with van der Waals surface area (Å²) in [6.45, 7) is 2.09. The molecular formula is C14H17FN4. The highest BCUT2D eigenvalue weighted by molar-refractivity contribution is 5.17. The van der Waals surface area contributed by atoms with Crippen molar-refractivity contribution in [1.82, 2.24) is 15.4 Å². The molecule has 2 heterocycles. The summed E-state index contributed by atoms with van der Waals surface area (Å²) in [5.41, 5.74) is 5.51. The second-order valence-corrected chi connectivity index (χ2v) is 4.34. The summed E-state index contributed by atoms with van der Waals surface area (Å²) in [6, 6.07) is 6.85. The predicted molar refractivity (Wildman–Crippen MR) is 71.6 cm³/mol. The van der Waals surface area contributed by atoms with Gasteiger partial charge < -0.3 is 0 Å². The second kappa shape index (κ2) is 6.36. The van der Waals surface area contributed by atoms with E-state index in [1.807, 2.05) is 18.3 Å². The molecule has 2 aromatic heterocycles. The van der Waals surface area contributed by atoms with E-state index in [1.165, 1.54) is 17.8 Å². The van der Waals surface area contributed by atoms with Crippen molar-refractivity contribution in [3.8, 4) is 0 Å². The molecule has 0 saturated carbocycles. The van der Waals surface area contributed by atoms with Gasteiger partial charge in [0.1, 0.15) is 5.82 Å². The number of nitrogens with two attached hydrogens (primary N) is 1. The molecule has 3 N–H and O–H groups in total. The number of nitrogens with zero attached hydrogens (tertiary/aromatic N) is 2. The lowest BCUT2D eigenvalue weighted by Gasteiger charge is -2.15. The summed E-state index contributed by atoms with van der Waals surface area (Å²) in [5, 5.41) is 0. The van der Waals surface area contributed by atoms with Crippen molar-refractivity contribution in [1.29, 1.82) is 0 Å². The van der Waals surface area contributed by atoms with Crippen molar-refractivity contribution in [2.75, 3.05) is 0 Å². The molecule has 0 amide bonds. The molecule has 19 heavy (non-hydrogen) atoms. The minimum atomic E-state index is -0.357. The Hall–Kier alpha value is -1.85. The van der Waals surface area contributed by atoms with Crippen LogP contribution in [0.15, 0.2) is 36.7 Å². The van der Waals surface area contributed by atoms with Crippen LogP contribution in [-0.4, -0.2) is 9.97 Å². The van der Waals surface area contributed by atoms with Gasteiger partial charge in [-0.3, -0.25) is 21.2 Å². The van der Waals surface area contributed by atoms with Crippen molar-refractivity contribution in [2.24, 2.45) is 5.84 Å². The highest BCUT2D eigenvalue weighted by Gasteiger charge is 2.12. The number of halogens is 1. The molecule has 0 fully saturated rings. The monoisotopic (exact) mass is 260 g/mol. The minimum absolute atomic E-state index is 0.180. The summed E-state index contributed by atoms with van der Waals surface area (Å²) in [6.07, 6.45) is 4.62. The van der Waals surface area contributed by atoms with Crippen molar-refractivity contribution >= 4 is 0 Å². The fourth-order valence-electron chi connectivity index (χ4n) is 1.84. The summed E-state index contributed by atoms with van der Waals surface area (Å²) in [4.78, 5) is 8.42. The van der Waals surface area contributed by atoms with Crippen molar-refractivity contribution in [3.05, 3.63) is 59.4 Å². The van der Waals surface area contributed by atoms with Crippen LogP contribution in [0.3, 0.4) is 0 Å². The van der Waals surface area contributed by atoms with Gasteiger partial charge in [-0.1, -0.05) is 13.0 Å². The van der Waals surface area contributed by atoms with Gasteiger partial charge in [-0.15, -0.1) is 0 Å². The number of nitrogens with one attached hydrogen (secondary N) is 1. The number of aromatic nitrogens is 2. The Morgan fingerprint density at radius 2 is 2.05 bits per heavy atom. The highest BCUT2D eigenvalue weighted by atomic mass is 19.1. The smallest absolute Gasteiger partial charge is 0.141 e. The molecule has 2 rings (SSSR count). The molecule has 1 unspecified atom stereocenters. The van der Waals surface area contributed by atoms with Gasteiger partial charge in [-0.05, 0) is 30.2 Å². The third-order valence-electron chi connectivity index (χ3n) is 3.02. The zero-order valence-corrected chi connectivity index (χ0v) is 10.8. The maximum Gasteiger partial charge on any atom is 0.141 e. The van der Waals surface area contributed by atoms with E-state index < -0.39 is 0 Å². The molecule has 100 valence electrons. The van der Waals surface area contributed by atoms with E-state index in [2.05, 4.69) is 22.3 Å². The lowest BCUT2D eigenvalue weighted by molar-refractivity contribution is 0.528. The van der Waals surface area contributed by atoms with Crippen LogP contribution in [0.5, 0.6) is 0 Å². The fraction of sp³-hybridized carbons (Fsp3) is 0.286. The third-order valence-corrected chi connectivity index (χ3v) is 3.02. The molecule has 2 aromatic rings. The maximum atomic E-state index is 12.8. The Morgan fingerprint density at radius 3 is 2.58 bits per heavy atom. The van der Waals surface area contributed by atoms with Gasteiger partial charge in [-0.25, -0.2) is 4.39 Å². The summed E-state index contributed by atoms with van der Waals surface area (Å²) >= 11 is 0. The first kappa shape index (κ1) is 13.6. The lowest BCUT2D eigenvalue weighted by Crippen LogP contribution is -2.30. The van der Waals surface area contributed by atoms with Gasteiger partial charge in [0.2, 0.25) is 0 Å².